The largest absolute Gasteiger partial charge is 0.363 e. The Morgan fingerprint density at radius 3 is 2.15 bits per heavy atom. The summed E-state index contributed by atoms with van der Waals surface area (Å²) in [4.78, 5) is 67.0. The van der Waals surface area contributed by atoms with E-state index in [-0.39, 0.29) is 23.1 Å². The smallest absolute Gasteiger partial charge is 0.315 e. The highest BCUT2D eigenvalue weighted by atomic mass is 32.2. The molecule has 1 saturated heterocycles. The first-order valence-electron chi connectivity index (χ1n) is 16.4. The summed E-state index contributed by atoms with van der Waals surface area (Å²) in [5.41, 5.74) is 3.51. The monoisotopic (exact) mass is 659 g/mol. The Morgan fingerprint density at radius 1 is 0.935 bits per heavy atom. The molecule has 46 heavy (non-hydrogen) atoms. The number of benzene rings is 1. The van der Waals surface area contributed by atoms with Gasteiger partial charge in [0.1, 0.15) is 12.1 Å². The van der Waals surface area contributed by atoms with Crippen LogP contribution in [0.5, 0.6) is 0 Å². The molecule has 3 fully saturated rings. The summed E-state index contributed by atoms with van der Waals surface area (Å²) in [6.07, 6.45) is 7.51. The van der Waals surface area contributed by atoms with Crippen LogP contribution in [0.1, 0.15) is 91.4 Å². The number of primary amides is 1. The summed E-state index contributed by atoms with van der Waals surface area (Å²) in [6, 6.07) is 4.54. The van der Waals surface area contributed by atoms with Crippen molar-refractivity contribution in [1.82, 2.24) is 20.9 Å². The second kappa shape index (κ2) is 14.5. The number of Topliss-reactive ketones (excluding diaryl/α,β-unsaturated/α-hetero) is 1. The van der Waals surface area contributed by atoms with Gasteiger partial charge in [0.15, 0.2) is 9.84 Å². The first-order chi connectivity index (χ1) is 21.6. The fourth-order valence-corrected chi connectivity index (χ4v) is 8.69. The molecule has 0 radical (unpaired) electrons. The molecule has 1 aromatic carbocycles. The third-order valence-electron chi connectivity index (χ3n) is 9.65. The molecule has 254 valence electrons. The summed E-state index contributed by atoms with van der Waals surface area (Å²) in [7, 11) is -3.71. The summed E-state index contributed by atoms with van der Waals surface area (Å²) >= 11 is 0. The minimum absolute atomic E-state index is 0.190. The van der Waals surface area contributed by atoms with Gasteiger partial charge in [-0.25, -0.2) is 13.2 Å². The Kier molecular flexibility index (Phi) is 11.2. The Morgan fingerprint density at radius 2 is 1.59 bits per heavy atom. The van der Waals surface area contributed by atoms with Crippen LogP contribution in [-0.4, -0.2) is 78.8 Å². The fourth-order valence-electron chi connectivity index (χ4n) is 6.87. The maximum atomic E-state index is 14.1. The molecule has 5 N–H and O–H groups in total. The predicted octanol–water partition coefficient (Wildman–Crippen LogP) is 2.60. The molecule has 0 aromatic heterocycles. The quantitative estimate of drug-likeness (QED) is 0.249. The van der Waals surface area contributed by atoms with Crippen molar-refractivity contribution in [2.24, 2.45) is 17.1 Å². The van der Waals surface area contributed by atoms with Crippen LogP contribution in [0.15, 0.2) is 35.2 Å². The minimum atomic E-state index is -3.71. The molecule has 1 heterocycles. The van der Waals surface area contributed by atoms with E-state index in [9.17, 15) is 32.4 Å². The maximum Gasteiger partial charge on any atom is 0.315 e. The molecule has 1 aliphatic heterocycles. The lowest BCUT2D eigenvalue weighted by Gasteiger charge is -2.40. The number of hydrogen-bond acceptors (Lipinski definition) is 7. The van der Waals surface area contributed by atoms with Gasteiger partial charge in [-0.15, -0.1) is 0 Å². The van der Waals surface area contributed by atoms with E-state index >= 15 is 0 Å². The Balaban J connectivity index is 1.48. The molecule has 0 bridgehead atoms. The summed E-state index contributed by atoms with van der Waals surface area (Å²) in [6.45, 7) is 5.69. The average Bonchev–Trinajstić information content (AvgIpc) is 3.46. The SMILES string of the molecule is CC(C)(C)[C@H](NC(=O)NC1(CS(=O)(=O)c2ccccc2)CCCCC1)C(=O)N1CCCC1C(=O)NC(CC1CCC1)C(=O)C(N)=O. The van der Waals surface area contributed by atoms with E-state index in [1.807, 2.05) is 0 Å². The number of nitrogens with one attached hydrogen (secondary N) is 3. The summed E-state index contributed by atoms with van der Waals surface area (Å²) in [5.74, 6) is -2.99. The average molecular weight is 660 g/mol. The van der Waals surface area contributed by atoms with Gasteiger partial charge in [0.05, 0.1) is 22.2 Å². The Bertz CT molecular complexity index is 1400. The number of hydrogen-bond donors (Lipinski definition) is 4. The van der Waals surface area contributed by atoms with Crippen molar-refractivity contribution >= 4 is 39.4 Å². The number of nitrogens with zero attached hydrogens (tertiary/aromatic N) is 1. The number of urea groups is 1. The van der Waals surface area contributed by atoms with E-state index in [0.717, 1.165) is 38.5 Å². The number of nitrogens with two attached hydrogens (primary N) is 1. The van der Waals surface area contributed by atoms with Gasteiger partial charge in [-0.3, -0.25) is 19.2 Å². The number of amides is 5. The summed E-state index contributed by atoms with van der Waals surface area (Å²) in [5, 5.41) is 8.48. The third kappa shape index (κ3) is 8.65. The predicted molar refractivity (Wildman–Crippen MR) is 172 cm³/mol. The molecule has 12 nitrogen and oxygen atoms in total. The van der Waals surface area contributed by atoms with Crippen molar-refractivity contribution in [2.75, 3.05) is 12.3 Å². The van der Waals surface area contributed by atoms with Crippen molar-refractivity contribution in [2.45, 2.75) is 120 Å². The molecule has 1 aromatic rings. The number of carbonyl (C=O) groups is 5. The topological polar surface area (TPSA) is 185 Å². The van der Waals surface area contributed by atoms with E-state index in [0.29, 0.717) is 32.1 Å². The lowest BCUT2D eigenvalue weighted by molar-refractivity contribution is -0.143. The molecule has 0 spiro atoms. The van der Waals surface area contributed by atoms with Gasteiger partial charge in [-0.1, -0.05) is 77.5 Å². The van der Waals surface area contributed by atoms with E-state index in [1.54, 1.807) is 51.1 Å². The molecule has 3 aliphatic rings. The number of carbonyl (C=O) groups excluding carboxylic acids is 5. The van der Waals surface area contributed by atoms with Gasteiger partial charge in [0, 0.05) is 6.54 Å². The van der Waals surface area contributed by atoms with Crippen LogP contribution >= 0.6 is 0 Å². The first kappa shape index (κ1) is 35.4. The molecule has 13 heteroatoms. The first-order valence-corrected chi connectivity index (χ1v) is 18.1. The Hall–Kier alpha value is -3.48. The molecular formula is C33H49N5O7S. The zero-order valence-corrected chi connectivity index (χ0v) is 28.0. The van der Waals surface area contributed by atoms with Crippen LogP contribution in [0.3, 0.4) is 0 Å². The van der Waals surface area contributed by atoms with Gasteiger partial charge >= 0.3 is 6.03 Å². The van der Waals surface area contributed by atoms with Crippen molar-refractivity contribution in [1.29, 1.82) is 0 Å². The maximum absolute atomic E-state index is 14.1. The van der Waals surface area contributed by atoms with Crippen LogP contribution in [0.4, 0.5) is 4.79 Å². The van der Waals surface area contributed by atoms with Crippen molar-refractivity contribution < 1.29 is 32.4 Å². The van der Waals surface area contributed by atoms with Crippen molar-refractivity contribution in [3.8, 4) is 0 Å². The molecule has 2 saturated carbocycles. The van der Waals surface area contributed by atoms with Crippen molar-refractivity contribution in [3.63, 3.8) is 0 Å². The highest BCUT2D eigenvalue weighted by molar-refractivity contribution is 7.91. The van der Waals surface area contributed by atoms with E-state index < -0.39 is 68.5 Å². The van der Waals surface area contributed by atoms with E-state index in [1.165, 1.54) is 4.90 Å². The second-order valence-corrected chi connectivity index (χ2v) is 16.3. The van der Waals surface area contributed by atoms with E-state index in [2.05, 4.69) is 16.0 Å². The van der Waals surface area contributed by atoms with Gasteiger partial charge in [0.25, 0.3) is 5.91 Å². The van der Waals surface area contributed by atoms with Gasteiger partial charge in [-0.2, -0.15) is 0 Å². The lowest BCUT2D eigenvalue weighted by atomic mass is 9.80. The number of rotatable bonds is 12. The Labute approximate surface area is 271 Å². The van der Waals surface area contributed by atoms with Gasteiger partial charge < -0.3 is 26.6 Å². The van der Waals surface area contributed by atoms with Crippen LogP contribution in [0.2, 0.25) is 0 Å². The normalized spacial score (nSPS) is 21.4. The van der Waals surface area contributed by atoms with Crippen LogP contribution in [0.25, 0.3) is 0 Å². The number of likely N-dealkylation sites (tertiary alicyclic amines) is 1. The standard InChI is InChI=1S/C33H49N5O7S/c1-32(2,3)27(36-31(43)37-33(17-8-5-9-18-33)21-46(44,45)23-14-6-4-7-15-23)30(42)38-19-11-16-25(38)29(41)35-24(26(39)28(34)40)20-22-12-10-13-22/h4,6-7,14-15,22,24-25,27H,5,8-13,16-21H2,1-3H3,(H2,34,40)(H,35,41)(H2,36,37,43)/t24?,25?,27-/m1/s1. The van der Waals surface area contributed by atoms with Gasteiger partial charge in [0.2, 0.25) is 17.6 Å². The van der Waals surface area contributed by atoms with Crippen LogP contribution in [0, 0.1) is 11.3 Å². The van der Waals surface area contributed by atoms with Crippen molar-refractivity contribution in [3.05, 3.63) is 30.3 Å². The zero-order chi connectivity index (χ0) is 33.7. The fraction of sp³-hybridized carbons (Fsp3) is 0.667. The van der Waals surface area contributed by atoms with E-state index in [4.69, 9.17) is 5.73 Å². The second-order valence-electron chi connectivity index (χ2n) is 14.3. The molecule has 5 amide bonds. The number of sulfone groups is 1. The van der Waals surface area contributed by atoms with Crippen LogP contribution in [-0.2, 0) is 29.0 Å². The minimum Gasteiger partial charge on any atom is -0.363 e. The molecular weight excluding hydrogens is 610 g/mol. The lowest BCUT2D eigenvalue weighted by Crippen LogP contribution is -2.63. The highest BCUT2D eigenvalue weighted by Gasteiger charge is 2.44. The van der Waals surface area contributed by atoms with Gasteiger partial charge in [-0.05, 0) is 55.6 Å². The zero-order valence-electron chi connectivity index (χ0n) is 27.2. The third-order valence-corrected chi connectivity index (χ3v) is 11.6. The molecule has 4 rings (SSSR count). The number of ketones is 1. The molecule has 2 unspecified atom stereocenters. The summed E-state index contributed by atoms with van der Waals surface area (Å²) < 4.78 is 26.7. The molecule has 3 atom stereocenters. The molecule has 2 aliphatic carbocycles. The highest BCUT2D eigenvalue weighted by Crippen LogP contribution is 2.33. The van der Waals surface area contributed by atoms with Crippen LogP contribution < -0.4 is 21.7 Å².